The highest BCUT2D eigenvalue weighted by Gasteiger charge is 2.28. The van der Waals surface area contributed by atoms with Crippen molar-refractivity contribution >= 4 is 0 Å². The molecule has 0 amide bonds. The quantitative estimate of drug-likeness (QED) is 0.288. The lowest BCUT2D eigenvalue weighted by molar-refractivity contribution is 0.0235. The number of aromatic nitrogens is 2. The lowest BCUT2D eigenvalue weighted by atomic mass is 10.1. The van der Waals surface area contributed by atoms with Crippen LogP contribution in [0.2, 0.25) is 0 Å². The molecular formula is C28H35N3O3. The summed E-state index contributed by atoms with van der Waals surface area (Å²) in [6.07, 6.45) is 3.61. The third kappa shape index (κ3) is 6.56. The van der Waals surface area contributed by atoms with Gasteiger partial charge in [0.2, 0.25) is 5.88 Å². The number of hydrogen-bond acceptors (Lipinski definition) is 5. The van der Waals surface area contributed by atoms with E-state index < -0.39 is 6.10 Å². The molecule has 3 aromatic rings. The van der Waals surface area contributed by atoms with Crippen LogP contribution in [0.15, 0.2) is 67.3 Å². The van der Waals surface area contributed by atoms with Crippen LogP contribution in [0, 0.1) is 12.8 Å². The second-order valence-corrected chi connectivity index (χ2v) is 9.15. The lowest BCUT2D eigenvalue weighted by Crippen LogP contribution is -2.36. The van der Waals surface area contributed by atoms with Crippen molar-refractivity contribution in [1.82, 2.24) is 14.7 Å². The number of nitrogens with zero attached hydrogens (tertiary/aromatic N) is 3. The molecule has 1 fully saturated rings. The number of aliphatic hydroxyl groups excluding tert-OH is 1. The average Bonchev–Trinajstić information content (AvgIpc) is 3.60. The molecule has 1 saturated carbocycles. The van der Waals surface area contributed by atoms with Crippen LogP contribution in [0.1, 0.15) is 24.0 Å². The van der Waals surface area contributed by atoms with Gasteiger partial charge in [-0.25, -0.2) is 4.68 Å². The molecule has 0 unspecified atom stereocenters. The first-order valence-corrected chi connectivity index (χ1v) is 12.0. The van der Waals surface area contributed by atoms with E-state index in [4.69, 9.17) is 14.6 Å². The van der Waals surface area contributed by atoms with E-state index >= 15 is 0 Å². The fourth-order valence-corrected chi connectivity index (χ4v) is 4.10. The van der Waals surface area contributed by atoms with Crippen LogP contribution >= 0.6 is 0 Å². The first kappa shape index (κ1) is 24.2. The van der Waals surface area contributed by atoms with Crippen molar-refractivity contribution in [1.29, 1.82) is 0 Å². The molecule has 4 rings (SSSR count). The summed E-state index contributed by atoms with van der Waals surface area (Å²) in [5.41, 5.74) is 4.16. The first-order chi connectivity index (χ1) is 16.5. The SMILES string of the molecule is C=CCOC[C@@H](O)CN(Cc1c(-c2ccccc2)nn(C)c1Oc1ccc(C)cc1)CC1CC1. The summed E-state index contributed by atoms with van der Waals surface area (Å²) < 4.78 is 13.7. The molecule has 1 atom stereocenters. The van der Waals surface area contributed by atoms with Gasteiger partial charge in [0.1, 0.15) is 11.4 Å². The number of benzene rings is 2. The molecular weight excluding hydrogens is 426 g/mol. The average molecular weight is 462 g/mol. The number of aliphatic hydroxyl groups is 1. The van der Waals surface area contributed by atoms with Gasteiger partial charge in [-0.1, -0.05) is 54.1 Å². The van der Waals surface area contributed by atoms with E-state index in [2.05, 4.69) is 30.5 Å². The molecule has 34 heavy (non-hydrogen) atoms. The number of rotatable bonds is 13. The summed E-state index contributed by atoms with van der Waals surface area (Å²) in [6, 6.07) is 18.3. The summed E-state index contributed by atoms with van der Waals surface area (Å²) in [5, 5.41) is 15.5. The Hall–Kier alpha value is -2.93. The molecule has 0 aliphatic heterocycles. The van der Waals surface area contributed by atoms with Crippen LogP contribution in [0.25, 0.3) is 11.3 Å². The zero-order valence-electron chi connectivity index (χ0n) is 20.2. The topological polar surface area (TPSA) is 59.8 Å². The highest BCUT2D eigenvalue weighted by molar-refractivity contribution is 5.65. The van der Waals surface area contributed by atoms with Gasteiger partial charge in [0, 0.05) is 32.2 Å². The van der Waals surface area contributed by atoms with Gasteiger partial charge in [-0.05, 0) is 37.8 Å². The van der Waals surface area contributed by atoms with Crippen molar-refractivity contribution in [2.45, 2.75) is 32.4 Å². The third-order valence-corrected chi connectivity index (χ3v) is 5.98. The van der Waals surface area contributed by atoms with Gasteiger partial charge >= 0.3 is 0 Å². The molecule has 6 heteroatoms. The monoisotopic (exact) mass is 461 g/mol. The molecule has 1 aromatic heterocycles. The molecule has 0 radical (unpaired) electrons. The maximum absolute atomic E-state index is 10.6. The van der Waals surface area contributed by atoms with E-state index in [0.717, 1.165) is 35.0 Å². The summed E-state index contributed by atoms with van der Waals surface area (Å²) in [4.78, 5) is 2.31. The summed E-state index contributed by atoms with van der Waals surface area (Å²) in [5.74, 6) is 2.18. The predicted octanol–water partition coefficient (Wildman–Crippen LogP) is 4.96. The highest BCUT2D eigenvalue weighted by Crippen LogP contribution is 2.36. The largest absolute Gasteiger partial charge is 0.439 e. The molecule has 1 heterocycles. The second kappa shape index (κ2) is 11.5. The Bertz CT molecular complexity index is 1060. The molecule has 2 aromatic carbocycles. The van der Waals surface area contributed by atoms with Crippen LogP contribution in [0.3, 0.4) is 0 Å². The molecule has 0 bridgehead atoms. The molecule has 1 aliphatic rings. The van der Waals surface area contributed by atoms with E-state index in [1.165, 1.54) is 18.4 Å². The van der Waals surface area contributed by atoms with Gasteiger partial charge in [0.25, 0.3) is 0 Å². The van der Waals surface area contributed by atoms with Gasteiger partial charge in [-0.3, -0.25) is 4.90 Å². The van der Waals surface area contributed by atoms with E-state index in [-0.39, 0.29) is 0 Å². The molecule has 0 spiro atoms. The van der Waals surface area contributed by atoms with Gasteiger partial charge < -0.3 is 14.6 Å². The minimum absolute atomic E-state index is 0.290. The zero-order valence-corrected chi connectivity index (χ0v) is 20.2. The summed E-state index contributed by atoms with van der Waals surface area (Å²) >= 11 is 0. The van der Waals surface area contributed by atoms with Gasteiger partial charge in [-0.15, -0.1) is 6.58 Å². The van der Waals surface area contributed by atoms with Crippen molar-refractivity contribution in [2.24, 2.45) is 13.0 Å². The normalized spacial score (nSPS) is 14.4. The Labute approximate surface area is 202 Å². The Kier molecular flexibility index (Phi) is 8.16. The van der Waals surface area contributed by atoms with Gasteiger partial charge in [0.05, 0.1) is 24.9 Å². The fourth-order valence-electron chi connectivity index (χ4n) is 4.10. The van der Waals surface area contributed by atoms with Crippen LogP contribution < -0.4 is 4.74 Å². The maximum atomic E-state index is 10.6. The van der Waals surface area contributed by atoms with Crippen LogP contribution in [0.5, 0.6) is 11.6 Å². The van der Waals surface area contributed by atoms with Crippen LogP contribution in [-0.4, -0.2) is 52.2 Å². The highest BCUT2D eigenvalue weighted by atomic mass is 16.5. The lowest BCUT2D eigenvalue weighted by Gasteiger charge is -2.25. The van der Waals surface area contributed by atoms with Crippen molar-refractivity contribution in [2.75, 3.05) is 26.3 Å². The van der Waals surface area contributed by atoms with Crippen molar-refractivity contribution in [3.05, 3.63) is 78.4 Å². The smallest absolute Gasteiger partial charge is 0.222 e. The Morgan fingerprint density at radius 1 is 1.18 bits per heavy atom. The van der Waals surface area contributed by atoms with Crippen molar-refractivity contribution in [3.63, 3.8) is 0 Å². The Morgan fingerprint density at radius 2 is 1.91 bits per heavy atom. The zero-order chi connectivity index (χ0) is 23.9. The molecule has 0 saturated heterocycles. The van der Waals surface area contributed by atoms with Crippen molar-refractivity contribution < 1.29 is 14.6 Å². The summed E-state index contributed by atoms with van der Waals surface area (Å²) in [6.45, 7) is 8.56. The maximum Gasteiger partial charge on any atom is 0.222 e. The fraction of sp³-hybridized carbons (Fsp3) is 0.393. The van der Waals surface area contributed by atoms with Crippen LogP contribution in [-0.2, 0) is 18.3 Å². The van der Waals surface area contributed by atoms with E-state index in [9.17, 15) is 5.11 Å². The summed E-state index contributed by atoms with van der Waals surface area (Å²) in [7, 11) is 1.92. The van der Waals surface area contributed by atoms with Gasteiger partial charge in [-0.2, -0.15) is 5.10 Å². The predicted molar refractivity (Wildman–Crippen MR) is 135 cm³/mol. The minimum Gasteiger partial charge on any atom is -0.439 e. The molecule has 1 N–H and O–H groups in total. The third-order valence-electron chi connectivity index (χ3n) is 5.98. The van der Waals surface area contributed by atoms with Crippen molar-refractivity contribution in [3.8, 4) is 22.9 Å². The Balaban J connectivity index is 1.63. The van der Waals surface area contributed by atoms with E-state index in [0.29, 0.717) is 32.2 Å². The number of ether oxygens (including phenoxy) is 2. The second-order valence-electron chi connectivity index (χ2n) is 9.15. The first-order valence-electron chi connectivity index (χ1n) is 12.0. The molecule has 1 aliphatic carbocycles. The van der Waals surface area contributed by atoms with Crippen LogP contribution in [0.4, 0.5) is 0 Å². The van der Waals surface area contributed by atoms with E-state index in [1.54, 1.807) is 6.08 Å². The molecule has 6 nitrogen and oxygen atoms in total. The van der Waals surface area contributed by atoms with Gasteiger partial charge in [0.15, 0.2) is 0 Å². The Morgan fingerprint density at radius 3 is 2.59 bits per heavy atom. The molecule has 180 valence electrons. The number of aryl methyl sites for hydroxylation is 2. The van der Waals surface area contributed by atoms with E-state index in [1.807, 2.05) is 54.2 Å². The number of hydrogen-bond donors (Lipinski definition) is 1. The standard InChI is InChI=1S/C28H35N3O3/c1-4-16-33-20-24(32)18-31(17-22-12-13-22)19-26-27(23-8-6-5-7-9-23)29-30(3)28(26)34-25-14-10-21(2)11-15-25/h4-11,14-15,22,24,32H,1,12-13,16-20H2,2-3H3/t24-/m0/s1. The minimum atomic E-state index is -0.572.